The van der Waals surface area contributed by atoms with Gasteiger partial charge < -0.3 is 10.2 Å². The average molecular weight is 369 g/mol. The van der Waals surface area contributed by atoms with Gasteiger partial charge in [-0.1, -0.05) is 19.1 Å². The molecule has 1 amide bonds. The zero-order valence-corrected chi connectivity index (χ0v) is 15.7. The summed E-state index contributed by atoms with van der Waals surface area (Å²) in [7, 11) is 3.68. The Morgan fingerprint density at radius 3 is 2.84 bits per heavy atom. The molecule has 2 rings (SSSR count). The van der Waals surface area contributed by atoms with Crippen LogP contribution in [0.15, 0.2) is 30.3 Å². The lowest BCUT2D eigenvalue weighted by Gasteiger charge is -2.21. The van der Waals surface area contributed by atoms with E-state index >= 15 is 0 Å². The van der Waals surface area contributed by atoms with Crippen LogP contribution in [0, 0.1) is 11.7 Å². The molecule has 0 bridgehead atoms. The average Bonchev–Trinajstić information content (AvgIpc) is 3.03. The minimum atomic E-state index is -0.270. The van der Waals surface area contributed by atoms with Gasteiger partial charge in [-0.2, -0.15) is 5.10 Å². The zero-order valence-electron chi connectivity index (χ0n) is 14.9. The van der Waals surface area contributed by atoms with E-state index in [0.29, 0.717) is 13.1 Å². The van der Waals surface area contributed by atoms with E-state index in [2.05, 4.69) is 15.5 Å². The minimum absolute atomic E-state index is 0. The highest BCUT2D eigenvalue weighted by molar-refractivity contribution is 5.85. The second kappa shape index (κ2) is 10.2. The summed E-state index contributed by atoms with van der Waals surface area (Å²) in [6.45, 7) is 3.30. The van der Waals surface area contributed by atoms with Crippen LogP contribution in [0.2, 0.25) is 0 Å². The van der Waals surface area contributed by atoms with Crippen LogP contribution in [0.5, 0.6) is 0 Å². The Bertz CT molecular complexity index is 677. The molecule has 5 nitrogen and oxygen atoms in total. The number of aromatic amines is 1. The number of hydrogen-bond donors (Lipinski definition) is 2. The first-order chi connectivity index (χ1) is 11.5. The maximum absolute atomic E-state index is 13.3. The monoisotopic (exact) mass is 368 g/mol. The fourth-order valence-corrected chi connectivity index (χ4v) is 2.67. The standard InChI is InChI=1S/C18H25FN4O.ClH/c1-13(12-20-2)18(24)23(3)9-5-8-16-11-17(22-21-16)14-6-4-7-15(19)10-14;/h4,6-7,10-11,13,20H,5,8-9,12H2,1-3H3,(H,21,22);1H. The van der Waals surface area contributed by atoms with Crippen LogP contribution in [-0.4, -0.2) is 48.2 Å². The van der Waals surface area contributed by atoms with Crippen molar-refractivity contribution in [3.63, 3.8) is 0 Å². The summed E-state index contributed by atoms with van der Waals surface area (Å²) in [5.74, 6) is -0.144. The number of benzene rings is 1. The number of carbonyl (C=O) groups is 1. The fraction of sp³-hybridized carbons (Fsp3) is 0.444. The number of aromatic nitrogens is 2. The van der Waals surface area contributed by atoms with Crippen LogP contribution in [0.25, 0.3) is 11.3 Å². The van der Waals surface area contributed by atoms with Crippen LogP contribution >= 0.6 is 12.4 Å². The molecule has 2 N–H and O–H groups in total. The van der Waals surface area contributed by atoms with E-state index < -0.39 is 0 Å². The zero-order chi connectivity index (χ0) is 17.5. The second-order valence-electron chi connectivity index (χ2n) is 6.11. The van der Waals surface area contributed by atoms with E-state index in [1.807, 2.05) is 33.2 Å². The first kappa shape index (κ1) is 21.1. The number of amides is 1. The van der Waals surface area contributed by atoms with E-state index in [9.17, 15) is 9.18 Å². The van der Waals surface area contributed by atoms with Crippen LogP contribution in [0.3, 0.4) is 0 Å². The SMILES string of the molecule is CNCC(C)C(=O)N(C)CCCc1cc(-c2cccc(F)c2)n[nH]1.Cl. The maximum Gasteiger partial charge on any atom is 0.226 e. The molecular weight excluding hydrogens is 343 g/mol. The van der Waals surface area contributed by atoms with Crippen LogP contribution < -0.4 is 5.32 Å². The normalized spacial score (nSPS) is 11.7. The Kier molecular flexibility index (Phi) is 8.58. The molecule has 0 spiro atoms. The van der Waals surface area contributed by atoms with Gasteiger partial charge in [-0.05, 0) is 38.1 Å². The summed E-state index contributed by atoms with van der Waals surface area (Å²) in [6.07, 6.45) is 1.64. The van der Waals surface area contributed by atoms with Gasteiger partial charge in [0.05, 0.1) is 5.69 Å². The van der Waals surface area contributed by atoms with Crippen molar-refractivity contribution in [2.45, 2.75) is 19.8 Å². The molecule has 7 heteroatoms. The Labute approximate surface area is 154 Å². The van der Waals surface area contributed by atoms with Crippen molar-refractivity contribution in [3.8, 4) is 11.3 Å². The Hall–Kier alpha value is -1.92. The molecule has 0 saturated heterocycles. The van der Waals surface area contributed by atoms with E-state index in [0.717, 1.165) is 29.8 Å². The highest BCUT2D eigenvalue weighted by Gasteiger charge is 2.16. The number of nitrogens with one attached hydrogen (secondary N) is 2. The van der Waals surface area contributed by atoms with Crippen molar-refractivity contribution >= 4 is 18.3 Å². The number of carbonyl (C=O) groups excluding carboxylic acids is 1. The second-order valence-corrected chi connectivity index (χ2v) is 6.11. The molecule has 1 aromatic heterocycles. The van der Waals surface area contributed by atoms with Gasteiger partial charge in [-0.3, -0.25) is 9.89 Å². The lowest BCUT2D eigenvalue weighted by Crippen LogP contribution is -2.36. The molecule has 0 radical (unpaired) electrons. The van der Waals surface area contributed by atoms with Crippen molar-refractivity contribution in [2.24, 2.45) is 5.92 Å². The van der Waals surface area contributed by atoms with Gasteiger partial charge in [0.25, 0.3) is 0 Å². The molecule has 0 saturated carbocycles. The molecule has 0 aliphatic heterocycles. The lowest BCUT2D eigenvalue weighted by atomic mass is 10.1. The number of H-pyrrole nitrogens is 1. The van der Waals surface area contributed by atoms with Gasteiger partial charge in [0.1, 0.15) is 5.82 Å². The summed E-state index contributed by atoms with van der Waals surface area (Å²) in [5.41, 5.74) is 2.47. The van der Waals surface area contributed by atoms with Gasteiger partial charge in [-0.15, -0.1) is 12.4 Å². The molecular formula is C18H26ClFN4O. The maximum atomic E-state index is 13.3. The van der Waals surface area contributed by atoms with Gasteiger partial charge in [-0.25, -0.2) is 4.39 Å². The minimum Gasteiger partial charge on any atom is -0.345 e. The third-order valence-corrected chi connectivity index (χ3v) is 4.00. The number of halogens is 2. The predicted octanol–water partition coefficient (Wildman–Crippen LogP) is 2.88. The summed E-state index contributed by atoms with van der Waals surface area (Å²) in [5, 5.41) is 10.2. The third kappa shape index (κ3) is 6.14. The van der Waals surface area contributed by atoms with E-state index in [1.54, 1.807) is 11.0 Å². The number of rotatable bonds is 8. The molecule has 0 aliphatic carbocycles. The molecule has 0 aliphatic rings. The summed E-state index contributed by atoms with van der Waals surface area (Å²) < 4.78 is 13.3. The van der Waals surface area contributed by atoms with Gasteiger partial charge in [0.2, 0.25) is 5.91 Å². The summed E-state index contributed by atoms with van der Waals surface area (Å²) >= 11 is 0. The predicted molar refractivity (Wildman–Crippen MR) is 100 cm³/mol. The lowest BCUT2D eigenvalue weighted by molar-refractivity contribution is -0.133. The topological polar surface area (TPSA) is 61.0 Å². The molecule has 2 aromatic rings. The Morgan fingerprint density at radius 2 is 2.16 bits per heavy atom. The van der Waals surface area contributed by atoms with Crippen LogP contribution in [0.1, 0.15) is 19.0 Å². The molecule has 1 heterocycles. The molecule has 1 aromatic carbocycles. The first-order valence-corrected chi connectivity index (χ1v) is 8.21. The van der Waals surface area contributed by atoms with Crippen LogP contribution in [0.4, 0.5) is 4.39 Å². The fourth-order valence-electron chi connectivity index (χ4n) is 2.67. The van der Waals surface area contributed by atoms with Crippen molar-refractivity contribution in [2.75, 3.05) is 27.2 Å². The van der Waals surface area contributed by atoms with Crippen molar-refractivity contribution in [3.05, 3.63) is 41.8 Å². The largest absolute Gasteiger partial charge is 0.345 e. The summed E-state index contributed by atoms with van der Waals surface area (Å²) in [6, 6.07) is 8.32. The van der Waals surface area contributed by atoms with Gasteiger partial charge in [0, 0.05) is 37.3 Å². The van der Waals surface area contributed by atoms with Crippen molar-refractivity contribution in [1.82, 2.24) is 20.4 Å². The van der Waals surface area contributed by atoms with Crippen LogP contribution in [-0.2, 0) is 11.2 Å². The highest BCUT2D eigenvalue weighted by Crippen LogP contribution is 2.19. The summed E-state index contributed by atoms with van der Waals surface area (Å²) in [4.78, 5) is 13.9. The quantitative estimate of drug-likeness (QED) is 0.753. The third-order valence-electron chi connectivity index (χ3n) is 4.00. The Balaban J connectivity index is 0.00000312. The van der Waals surface area contributed by atoms with Crippen molar-refractivity contribution in [1.29, 1.82) is 0 Å². The van der Waals surface area contributed by atoms with Gasteiger partial charge >= 0.3 is 0 Å². The van der Waals surface area contributed by atoms with E-state index in [4.69, 9.17) is 0 Å². The highest BCUT2D eigenvalue weighted by atomic mass is 35.5. The number of aryl methyl sites for hydroxylation is 1. The molecule has 1 atom stereocenters. The molecule has 0 fully saturated rings. The first-order valence-electron chi connectivity index (χ1n) is 8.21. The van der Waals surface area contributed by atoms with E-state index in [1.165, 1.54) is 12.1 Å². The Morgan fingerprint density at radius 1 is 1.40 bits per heavy atom. The molecule has 138 valence electrons. The number of hydrogen-bond acceptors (Lipinski definition) is 3. The molecule has 1 unspecified atom stereocenters. The van der Waals surface area contributed by atoms with Gasteiger partial charge in [0.15, 0.2) is 0 Å². The smallest absolute Gasteiger partial charge is 0.226 e. The number of nitrogens with zero attached hydrogens (tertiary/aromatic N) is 2. The van der Waals surface area contributed by atoms with Crippen molar-refractivity contribution < 1.29 is 9.18 Å². The van der Waals surface area contributed by atoms with E-state index in [-0.39, 0.29) is 30.0 Å². The molecule has 25 heavy (non-hydrogen) atoms.